The summed E-state index contributed by atoms with van der Waals surface area (Å²) in [6.07, 6.45) is 7.86. The van der Waals surface area contributed by atoms with Crippen molar-refractivity contribution in [2.75, 3.05) is 13.1 Å². The molecule has 1 saturated carbocycles. The number of hydrogen-bond donors (Lipinski definition) is 2. The van der Waals surface area contributed by atoms with Gasteiger partial charge in [-0.3, -0.25) is 4.79 Å². The van der Waals surface area contributed by atoms with Crippen LogP contribution in [0.4, 0.5) is 0 Å². The first-order valence-electron chi connectivity index (χ1n) is 8.86. The lowest BCUT2D eigenvalue weighted by Gasteiger charge is -2.29. The molecule has 0 unspecified atom stereocenters. The molecule has 23 heavy (non-hydrogen) atoms. The molecule has 1 amide bonds. The molecule has 128 valence electrons. The molecule has 0 radical (unpaired) electrons. The number of benzene rings is 1. The van der Waals surface area contributed by atoms with E-state index in [0.29, 0.717) is 17.9 Å². The highest BCUT2D eigenvalue weighted by molar-refractivity contribution is 5.85. The van der Waals surface area contributed by atoms with Crippen LogP contribution in [0.15, 0.2) is 30.3 Å². The molecule has 2 aliphatic rings. The third-order valence-corrected chi connectivity index (χ3v) is 5.25. The molecule has 0 aromatic heterocycles. The fraction of sp³-hybridized carbons (Fsp3) is 0.632. The highest BCUT2D eigenvalue weighted by Gasteiger charge is 2.25. The Morgan fingerprint density at radius 1 is 1.09 bits per heavy atom. The van der Waals surface area contributed by atoms with E-state index in [-0.39, 0.29) is 18.3 Å². The second-order valence-corrected chi connectivity index (χ2v) is 6.94. The van der Waals surface area contributed by atoms with Crippen LogP contribution < -0.4 is 10.6 Å². The molecule has 1 aliphatic carbocycles. The zero-order valence-corrected chi connectivity index (χ0v) is 14.6. The molecule has 1 atom stereocenters. The van der Waals surface area contributed by atoms with Crippen LogP contribution in [-0.4, -0.2) is 25.0 Å². The standard InChI is InChI=1S/C19H28N2O.ClH/c22-19(21-18-7-4-12-20-14-18)13-15-8-10-17(11-9-15)16-5-2-1-3-6-16;/h1-3,5-6,15,17-18,20H,4,7-14H2,(H,21,22);1H/t15?,17?,18-;/m0./s1. The Hall–Kier alpha value is -1.06. The van der Waals surface area contributed by atoms with Crippen molar-refractivity contribution in [2.45, 2.75) is 56.9 Å². The van der Waals surface area contributed by atoms with E-state index in [1.54, 1.807) is 0 Å². The van der Waals surface area contributed by atoms with Crippen molar-refractivity contribution in [3.05, 3.63) is 35.9 Å². The van der Waals surface area contributed by atoms with E-state index in [1.807, 2.05) is 0 Å². The zero-order chi connectivity index (χ0) is 15.2. The minimum absolute atomic E-state index is 0. The Labute approximate surface area is 146 Å². The van der Waals surface area contributed by atoms with Gasteiger partial charge in [-0.15, -0.1) is 12.4 Å². The molecule has 1 aromatic rings. The van der Waals surface area contributed by atoms with Crippen molar-refractivity contribution in [2.24, 2.45) is 5.92 Å². The van der Waals surface area contributed by atoms with E-state index >= 15 is 0 Å². The molecule has 1 saturated heterocycles. The Balaban J connectivity index is 0.00000192. The molecule has 0 spiro atoms. The number of carbonyl (C=O) groups is 1. The van der Waals surface area contributed by atoms with Gasteiger partial charge in [-0.1, -0.05) is 30.3 Å². The third kappa shape index (κ3) is 5.50. The summed E-state index contributed by atoms with van der Waals surface area (Å²) >= 11 is 0. The molecular weight excluding hydrogens is 308 g/mol. The molecule has 1 heterocycles. The average Bonchev–Trinajstić information content (AvgIpc) is 2.57. The molecule has 4 heteroatoms. The van der Waals surface area contributed by atoms with Crippen LogP contribution in [0, 0.1) is 5.92 Å². The van der Waals surface area contributed by atoms with E-state index in [9.17, 15) is 4.79 Å². The normalized spacial score (nSPS) is 27.7. The smallest absolute Gasteiger partial charge is 0.220 e. The molecule has 3 nitrogen and oxygen atoms in total. The highest BCUT2D eigenvalue weighted by atomic mass is 35.5. The Kier molecular flexibility index (Phi) is 7.38. The number of nitrogens with one attached hydrogen (secondary N) is 2. The number of carbonyl (C=O) groups excluding carboxylic acids is 1. The molecule has 0 bridgehead atoms. The van der Waals surface area contributed by atoms with Gasteiger partial charge in [-0.2, -0.15) is 0 Å². The molecule has 2 fully saturated rings. The Morgan fingerprint density at radius 2 is 1.83 bits per heavy atom. The first-order chi connectivity index (χ1) is 10.8. The summed E-state index contributed by atoms with van der Waals surface area (Å²) in [5.41, 5.74) is 1.47. The summed E-state index contributed by atoms with van der Waals surface area (Å²) in [6, 6.07) is 11.2. The van der Waals surface area contributed by atoms with Gasteiger partial charge in [0, 0.05) is 19.0 Å². The molecule has 3 rings (SSSR count). The van der Waals surface area contributed by atoms with E-state index in [1.165, 1.54) is 37.7 Å². The minimum Gasteiger partial charge on any atom is -0.352 e. The van der Waals surface area contributed by atoms with Gasteiger partial charge in [-0.25, -0.2) is 0 Å². The van der Waals surface area contributed by atoms with Crippen LogP contribution in [0.5, 0.6) is 0 Å². The van der Waals surface area contributed by atoms with Crippen LogP contribution in [0.1, 0.15) is 56.4 Å². The van der Waals surface area contributed by atoms with E-state index in [4.69, 9.17) is 0 Å². The SMILES string of the molecule is Cl.O=C(CC1CCC(c2ccccc2)CC1)N[C@H]1CCCNC1. The lowest BCUT2D eigenvalue weighted by Crippen LogP contribution is -2.46. The first kappa shape index (κ1) is 18.3. The number of piperidine rings is 1. The first-order valence-corrected chi connectivity index (χ1v) is 8.86. The summed E-state index contributed by atoms with van der Waals surface area (Å²) < 4.78 is 0. The maximum absolute atomic E-state index is 12.2. The summed E-state index contributed by atoms with van der Waals surface area (Å²) in [7, 11) is 0. The number of amides is 1. The third-order valence-electron chi connectivity index (χ3n) is 5.25. The van der Waals surface area contributed by atoms with Crippen molar-refractivity contribution in [3.63, 3.8) is 0 Å². The van der Waals surface area contributed by atoms with Crippen molar-refractivity contribution in [3.8, 4) is 0 Å². The van der Waals surface area contributed by atoms with Crippen LogP contribution in [-0.2, 0) is 4.79 Å². The molecule has 2 N–H and O–H groups in total. The summed E-state index contributed by atoms with van der Waals surface area (Å²) in [6.45, 7) is 2.03. The number of halogens is 1. The van der Waals surface area contributed by atoms with Gasteiger partial charge in [0.1, 0.15) is 0 Å². The van der Waals surface area contributed by atoms with Gasteiger partial charge in [0.15, 0.2) is 0 Å². The molecule has 1 aromatic carbocycles. The summed E-state index contributed by atoms with van der Waals surface area (Å²) in [5, 5.41) is 6.56. The van der Waals surface area contributed by atoms with Gasteiger partial charge in [0.25, 0.3) is 0 Å². The quantitative estimate of drug-likeness (QED) is 0.881. The maximum atomic E-state index is 12.2. The molecular formula is C19H29ClN2O. The maximum Gasteiger partial charge on any atom is 0.220 e. The lowest BCUT2D eigenvalue weighted by molar-refractivity contribution is -0.123. The van der Waals surface area contributed by atoms with E-state index in [2.05, 4.69) is 41.0 Å². The minimum atomic E-state index is 0. The fourth-order valence-corrected chi connectivity index (χ4v) is 3.95. The van der Waals surface area contributed by atoms with E-state index in [0.717, 1.165) is 25.9 Å². The average molecular weight is 337 g/mol. The fourth-order valence-electron chi connectivity index (χ4n) is 3.95. The topological polar surface area (TPSA) is 41.1 Å². The second-order valence-electron chi connectivity index (χ2n) is 6.94. The second kappa shape index (κ2) is 9.29. The monoisotopic (exact) mass is 336 g/mol. The van der Waals surface area contributed by atoms with Crippen molar-refractivity contribution in [1.29, 1.82) is 0 Å². The molecule has 1 aliphatic heterocycles. The van der Waals surface area contributed by atoms with Gasteiger partial charge in [-0.05, 0) is 62.5 Å². The van der Waals surface area contributed by atoms with Crippen LogP contribution in [0.2, 0.25) is 0 Å². The van der Waals surface area contributed by atoms with Crippen LogP contribution in [0.25, 0.3) is 0 Å². The van der Waals surface area contributed by atoms with E-state index < -0.39 is 0 Å². The van der Waals surface area contributed by atoms with Crippen LogP contribution >= 0.6 is 12.4 Å². The van der Waals surface area contributed by atoms with Crippen molar-refractivity contribution >= 4 is 18.3 Å². The Bertz CT molecular complexity index is 466. The lowest BCUT2D eigenvalue weighted by atomic mass is 9.77. The van der Waals surface area contributed by atoms with Gasteiger partial charge in [0.2, 0.25) is 5.91 Å². The van der Waals surface area contributed by atoms with Gasteiger partial charge >= 0.3 is 0 Å². The Morgan fingerprint density at radius 3 is 2.48 bits per heavy atom. The highest BCUT2D eigenvalue weighted by Crippen LogP contribution is 2.36. The van der Waals surface area contributed by atoms with Crippen LogP contribution in [0.3, 0.4) is 0 Å². The predicted octanol–water partition coefficient (Wildman–Crippen LogP) is 3.64. The number of hydrogen-bond acceptors (Lipinski definition) is 2. The van der Waals surface area contributed by atoms with Gasteiger partial charge < -0.3 is 10.6 Å². The van der Waals surface area contributed by atoms with Crippen molar-refractivity contribution in [1.82, 2.24) is 10.6 Å². The van der Waals surface area contributed by atoms with Crippen molar-refractivity contribution < 1.29 is 4.79 Å². The summed E-state index contributed by atoms with van der Waals surface area (Å²) in [5.74, 6) is 1.54. The predicted molar refractivity (Wildman–Crippen MR) is 97.0 cm³/mol. The van der Waals surface area contributed by atoms with Gasteiger partial charge in [0.05, 0.1) is 0 Å². The number of rotatable bonds is 4. The largest absolute Gasteiger partial charge is 0.352 e. The summed E-state index contributed by atoms with van der Waals surface area (Å²) in [4.78, 5) is 12.2. The zero-order valence-electron chi connectivity index (χ0n) is 13.8.